The lowest BCUT2D eigenvalue weighted by molar-refractivity contribution is -0.161. The predicted octanol–water partition coefficient (Wildman–Crippen LogP) is 3.18. The molecule has 2 aromatic rings. The molecule has 2 heterocycles. The standard InChI is InChI=1S/C21H20NO8P/c1-13(23)18-16-12-17(19(21(25)26)22(16)20(18)24)30-31(27,28-14-8-4-2-5-9-14)29-15-10-6-3-7-11-15/h2-11,13,16,18,23H,12H2,1H3,(H,25,26)/t13-,16-,18-/m1/s1. The first-order valence-corrected chi connectivity index (χ1v) is 11.0. The fourth-order valence-corrected chi connectivity index (χ4v) is 5.03. The molecule has 162 valence electrons. The van der Waals surface area contributed by atoms with E-state index in [9.17, 15) is 24.4 Å². The number of hydrogen-bond acceptors (Lipinski definition) is 7. The van der Waals surface area contributed by atoms with Crippen LogP contribution in [0.15, 0.2) is 72.1 Å². The number of carbonyl (C=O) groups excluding carboxylic acids is 1. The first kappa shape index (κ1) is 21.0. The number of aliphatic hydroxyl groups excluding tert-OH is 1. The maximum Gasteiger partial charge on any atom is 0.646 e. The van der Waals surface area contributed by atoms with Crippen molar-refractivity contribution in [1.82, 2.24) is 4.90 Å². The molecular weight excluding hydrogens is 425 g/mol. The number of aliphatic carboxylic acids is 1. The molecule has 2 N–H and O–H groups in total. The van der Waals surface area contributed by atoms with Crippen LogP contribution in [0.1, 0.15) is 13.3 Å². The fraction of sp³-hybridized carbons (Fsp3) is 0.238. The van der Waals surface area contributed by atoms with Gasteiger partial charge in [0, 0.05) is 6.42 Å². The molecule has 2 aliphatic rings. The summed E-state index contributed by atoms with van der Waals surface area (Å²) in [4.78, 5) is 25.3. The second-order valence-electron chi connectivity index (χ2n) is 7.17. The van der Waals surface area contributed by atoms with Crippen LogP contribution in [0.2, 0.25) is 0 Å². The molecule has 1 amide bonds. The number of carboxylic acids is 1. The second kappa shape index (κ2) is 8.09. The Morgan fingerprint density at radius 1 is 1.03 bits per heavy atom. The molecule has 9 nitrogen and oxygen atoms in total. The molecule has 0 saturated carbocycles. The number of hydrogen-bond donors (Lipinski definition) is 2. The Morgan fingerprint density at radius 3 is 2.00 bits per heavy atom. The third-order valence-electron chi connectivity index (χ3n) is 5.03. The van der Waals surface area contributed by atoms with Gasteiger partial charge in [0.15, 0.2) is 5.70 Å². The van der Waals surface area contributed by atoms with Gasteiger partial charge in [0.05, 0.1) is 18.1 Å². The number of carbonyl (C=O) groups is 2. The van der Waals surface area contributed by atoms with E-state index in [1.807, 2.05) is 0 Å². The van der Waals surface area contributed by atoms with Crippen LogP contribution in [-0.2, 0) is 18.7 Å². The van der Waals surface area contributed by atoms with Gasteiger partial charge in [-0.15, -0.1) is 0 Å². The number of fused-ring (bicyclic) bond motifs is 1. The van der Waals surface area contributed by atoms with E-state index in [-0.39, 0.29) is 23.7 Å². The molecule has 2 aliphatic heterocycles. The van der Waals surface area contributed by atoms with Crippen LogP contribution >= 0.6 is 7.82 Å². The smallest absolute Gasteiger partial charge is 0.476 e. The molecule has 10 heteroatoms. The van der Waals surface area contributed by atoms with Gasteiger partial charge in [-0.1, -0.05) is 36.4 Å². The van der Waals surface area contributed by atoms with Gasteiger partial charge >= 0.3 is 13.8 Å². The maximum atomic E-state index is 13.6. The lowest BCUT2D eigenvalue weighted by Crippen LogP contribution is -2.61. The highest BCUT2D eigenvalue weighted by Crippen LogP contribution is 2.55. The van der Waals surface area contributed by atoms with Crippen LogP contribution in [0, 0.1) is 5.92 Å². The van der Waals surface area contributed by atoms with Crippen LogP contribution in [0.25, 0.3) is 0 Å². The van der Waals surface area contributed by atoms with Crippen LogP contribution < -0.4 is 9.05 Å². The van der Waals surface area contributed by atoms with E-state index in [2.05, 4.69) is 0 Å². The van der Waals surface area contributed by atoms with Crippen molar-refractivity contribution < 1.29 is 37.9 Å². The lowest BCUT2D eigenvalue weighted by atomic mass is 9.83. The van der Waals surface area contributed by atoms with E-state index in [0.717, 1.165) is 4.90 Å². The molecule has 0 bridgehead atoms. The maximum absolute atomic E-state index is 13.6. The molecule has 0 aliphatic carbocycles. The van der Waals surface area contributed by atoms with E-state index in [0.29, 0.717) is 0 Å². The van der Waals surface area contributed by atoms with E-state index in [4.69, 9.17) is 13.6 Å². The summed E-state index contributed by atoms with van der Waals surface area (Å²) in [7, 11) is -4.40. The van der Waals surface area contributed by atoms with Crippen molar-refractivity contribution in [2.45, 2.75) is 25.5 Å². The highest BCUT2D eigenvalue weighted by Gasteiger charge is 2.58. The first-order chi connectivity index (χ1) is 14.8. The molecule has 0 unspecified atom stereocenters. The van der Waals surface area contributed by atoms with Crippen molar-refractivity contribution in [3.8, 4) is 11.5 Å². The molecule has 4 rings (SSSR count). The number of aliphatic hydroxyl groups is 1. The average Bonchev–Trinajstić information content (AvgIpc) is 3.02. The molecular formula is C21H20NO8P. The van der Waals surface area contributed by atoms with Gasteiger partial charge in [0.2, 0.25) is 5.91 Å². The van der Waals surface area contributed by atoms with Crippen LogP contribution in [0.4, 0.5) is 0 Å². The molecule has 31 heavy (non-hydrogen) atoms. The summed E-state index contributed by atoms with van der Waals surface area (Å²) < 4.78 is 30.2. The fourth-order valence-electron chi connectivity index (χ4n) is 3.72. The quantitative estimate of drug-likeness (QED) is 0.469. The zero-order valence-corrected chi connectivity index (χ0v) is 17.3. The number of phosphoric acid groups is 1. The Bertz CT molecular complexity index is 1020. The number of carboxylic acid groups (broad SMARTS) is 1. The summed E-state index contributed by atoms with van der Waals surface area (Å²) in [6.07, 6.45) is -1.00. The van der Waals surface area contributed by atoms with E-state index < -0.39 is 43.5 Å². The highest BCUT2D eigenvalue weighted by molar-refractivity contribution is 7.49. The predicted molar refractivity (Wildman–Crippen MR) is 108 cm³/mol. The molecule has 0 aromatic heterocycles. The largest absolute Gasteiger partial charge is 0.646 e. The van der Waals surface area contributed by atoms with Crippen molar-refractivity contribution in [3.63, 3.8) is 0 Å². The summed E-state index contributed by atoms with van der Waals surface area (Å²) in [5.41, 5.74) is -0.430. The number of amides is 1. The number of β-lactam (4-membered cyclic amide) rings is 1. The Labute approximate surface area is 178 Å². The van der Waals surface area contributed by atoms with Crippen LogP contribution in [0.3, 0.4) is 0 Å². The van der Waals surface area contributed by atoms with Crippen molar-refractivity contribution in [2.24, 2.45) is 5.92 Å². The normalized spacial score (nSPS) is 21.2. The minimum Gasteiger partial charge on any atom is -0.476 e. The number of phosphoric ester groups is 1. The van der Waals surface area contributed by atoms with Gasteiger partial charge in [-0.05, 0) is 31.2 Å². The topological polar surface area (TPSA) is 123 Å². The lowest BCUT2D eigenvalue weighted by Gasteiger charge is -2.44. The summed E-state index contributed by atoms with van der Waals surface area (Å²) in [5, 5.41) is 19.5. The van der Waals surface area contributed by atoms with Crippen LogP contribution in [-0.4, -0.2) is 39.1 Å². The van der Waals surface area contributed by atoms with Crippen LogP contribution in [0.5, 0.6) is 11.5 Å². The van der Waals surface area contributed by atoms with Gasteiger partial charge in [0.1, 0.15) is 17.3 Å². The van der Waals surface area contributed by atoms with Gasteiger partial charge in [0.25, 0.3) is 0 Å². The zero-order valence-electron chi connectivity index (χ0n) is 16.5. The molecule has 2 aromatic carbocycles. The minimum atomic E-state index is -4.40. The van der Waals surface area contributed by atoms with E-state index >= 15 is 0 Å². The van der Waals surface area contributed by atoms with Gasteiger partial charge < -0.3 is 23.8 Å². The van der Waals surface area contributed by atoms with Gasteiger partial charge in [-0.3, -0.25) is 9.69 Å². The molecule has 1 saturated heterocycles. The first-order valence-electron chi connectivity index (χ1n) is 9.55. The molecule has 3 atom stereocenters. The molecule has 1 fully saturated rings. The number of rotatable bonds is 8. The van der Waals surface area contributed by atoms with Crippen molar-refractivity contribution >= 4 is 19.7 Å². The summed E-state index contributed by atoms with van der Waals surface area (Å²) in [5.74, 6) is -2.53. The molecule has 0 radical (unpaired) electrons. The summed E-state index contributed by atoms with van der Waals surface area (Å²) in [6.45, 7) is 1.46. The van der Waals surface area contributed by atoms with Crippen molar-refractivity contribution in [2.75, 3.05) is 0 Å². The third-order valence-corrected chi connectivity index (χ3v) is 6.35. The Kier molecular flexibility index (Phi) is 5.47. The zero-order chi connectivity index (χ0) is 22.2. The monoisotopic (exact) mass is 445 g/mol. The number of nitrogens with zero attached hydrogens (tertiary/aromatic N) is 1. The number of benzene rings is 2. The molecule has 0 spiro atoms. The average molecular weight is 445 g/mol. The summed E-state index contributed by atoms with van der Waals surface area (Å²) in [6, 6.07) is 15.7. The second-order valence-corrected chi connectivity index (χ2v) is 8.61. The van der Waals surface area contributed by atoms with Gasteiger partial charge in [-0.25, -0.2) is 4.79 Å². The number of para-hydroxylation sites is 2. The third kappa shape index (κ3) is 4.02. The Balaban J connectivity index is 1.67. The Morgan fingerprint density at radius 2 is 1.55 bits per heavy atom. The van der Waals surface area contributed by atoms with Crippen molar-refractivity contribution in [3.05, 3.63) is 72.1 Å². The van der Waals surface area contributed by atoms with E-state index in [1.54, 1.807) is 60.7 Å². The highest BCUT2D eigenvalue weighted by atomic mass is 31.2. The van der Waals surface area contributed by atoms with Crippen molar-refractivity contribution in [1.29, 1.82) is 0 Å². The SMILES string of the molecule is C[C@@H](O)[C@H]1C(=O)N2C(C(=O)O)=C(OP(=O)(Oc3ccccc3)Oc3ccccc3)C[C@H]12. The minimum absolute atomic E-state index is 0.0385. The van der Waals surface area contributed by atoms with Gasteiger partial charge in [-0.2, -0.15) is 4.57 Å². The van der Waals surface area contributed by atoms with E-state index in [1.165, 1.54) is 6.92 Å². The summed E-state index contributed by atoms with van der Waals surface area (Å²) >= 11 is 0. The Hall–Kier alpha value is -3.29.